The zero-order valence-electron chi connectivity index (χ0n) is 12.4. The van der Waals surface area contributed by atoms with Crippen LogP contribution in [0, 0.1) is 0 Å². The van der Waals surface area contributed by atoms with Crippen LogP contribution in [0.5, 0.6) is 5.75 Å². The van der Waals surface area contributed by atoms with Crippen LogP contribution in [0.4, 0.5) is 14.5 Å². The van der Waals surface area contributed by atoms with Crippen molar-refractivity contribution in [2.24, 2.45) is 0 Å². The van der Waals surface area contributed by atoms with Crippen molar-refractivity contribution in [3.05, 3.63) is 42.2 Å². The quantitative estimate of drug-likeness (QED) is 0.785. The first-order valence-electron chi connectivity index (χ1n) is 7.00. The molecule has 1 atom stereocenters. The maximum Gasteiger partial charge on any atom is 0.387 e. The second-order valence-electron chi connectivity index (χ2n) is 4.71. The first-order chi connectivity index (χ1) is 11.0. The standard InChI is InChI=1S/C15H16ClF2N3O2/c1-2-10-5-3-6-12(23-15(17)18)13(10)20-14(22)11(16)9-21-8-4-7-19-21/h3-8,11,15H,2,9H2,1H3,(H,20,22). The number of aromatic nitrogens is 2. The van der Waals surface area contributed by atoms with Gasteiger partial charge in [-0.1, -0.05) is 19.1 Å². The number of alkyl halides is 3. The molecule has 0 radical (unpaired) electrons. The summed E-state index contributed by atoms with van der Waals surface area (Å²) in [5.74, 6) is -0.599. The molecule has 0 aliphatic rings. The summed E-state index contributed by atoms with van der Waals surface area (Å²) >= 11 is 6.06. The predicted molar refractivity (Wildman–Crippen MR) is 82.9 cm³/mol. The normalized spacial score (nSPS) is 12.2. The Hall–Kier alpha value is -2.15. The summed E-state index contributed by atoms with van der Waals surface area (Å²) in [7, 11) is 0. The number of carbonyl (C=O) groups is 1. The third-order valence-electron chi connectivity index (χ3n) is 3.15. The molecule has 2 aromatic rings. The molecule has 0 aliphatic heterocycles. The number of para-hydroxylation sites is 1. The molecule has 0 aliphatic carbocycles. The van der Waals surface area contributed by atoms with Gasteiger partial charge in [-0.3, -0.25) is 9.48 Å². The van der Waals surface area contributed by atoms with Gasteiger partial charge in [0.25, 0.3) is 0 Å². The summed E-state index contributed by atoms with van der Waals surface area (Å²) in [5, 5.41) is 5.64. The van der Waals surface area contributed by atoms with Gasteiger partial charge in [0.15, 0.2) is 0 Å². The fraction of sp³-hybridized carbons (Fsp3) is 0.333. The number of benzene rings is 1. The highest BCUT2D eigenvalue weighted by Gasteiger charge is 2.20. The van der Waals surface area contributed by atoms with Crippen LogP contribution in [0.2, 0.25) is 0 Å². The Morgan fingerprint density at radius 3 is 2.83 bits per heavy atom. The van der Waals surface area contributed by atoms with E-state index in [2.05, 4.69) is 15.2 Å². The first kappa shape index (κ1) is 17.2. The van der Waals surface area contributed by atoms with E-state index in [9.17, 15) is 13.6 Å². The number of amides is 1. The molecular weight excluding hydrogens is 328 g/mol. The molecule has 2 rings (SSSR count). The molecule has 0 bridgehead atoms. The van der Waals surface area contributed by atoms with Gasteiger partial charge in [0, 0.05) is 12.4 Å². The van der Waals surface area contributed by atoms with Crippen molar-refractivity contribution in [1.82, 2.24) is 9.78 Å². The monoisotopic (exact) mass is 343 g/mol. The van der Waals surface area contributed by atoms with Gasteiger partial charge in [-0.15, -0.1) is 11.6 Å². The van der Waals surface area contributed by atoms with E-state index >= 15 is 0 Å². The Labute approximate surface area is 137 Å². The molecule has 5 nitrogen and oxygen atoms in total. The number of hydrogen-bond acceptors (Lipinski definition) is 3. The SMILES string of the molecule is CCc1cccc(OC(F)F)c1NC(=O)C(Cl)Cn1cccn1. The molecule has 1 aromatic carbocycles. The van der Waals surface area contributed by atoms with Gasteiger partial charge in [0.2, 0.25) is 5.91 Å². The minimum absolute atomic E-state index is 0.0874. The van der Waals surface area contributed by atoms with Crippen molar-refractivity contribution in [1.29, 1.82) is 0 Å². The molecule has 1 unspecified atom stereocenters. The minimum atomic E-state index is -2.98. The maximum absolute atomic E-state index is 12.5. The number of aryl methyl sites for hydroxylation is 1. The summed E-state index contributed by atoms with van der Waals surface area (Å²) < 4.78 is 31.0. The van der Waals surface area contributed by atoms with Crippen LogP contribution in [-0.2, 0) is 17.8 Å². The third-order valence-corrected chi connectivity index (χ3v) is 3.48. The van der Waals surface area contributed by atoms with E-state index in [1.54, 1.807) is 30.6 Å². The van der Waals surface area contributed by atoms with Crippen LogP contribution in [0.1, 0.15) is 12.5 Å². The highest BCUT2D eigenvalue weighted by Crippen LogP contribution is 2.30. The van der Waals surface area contributed by atoms with Crippen LogP contribution in [0.25, 0.3) is 0 Å². The number of anilines is 1. The molecule has 0 spiro atoms. The Bertz CT molecular complexity index is 650. The van der Waals surface area contributed by atoms with E-state index in [0.717, 1.165) is 0 Å². The van der Waals surface area contributed by atoms with Crippen LogP contribution < -0.4 is 10.1 Å². The Morgan fingerprint density at radius 2 is 2.22 bits per heavy atom. The second kappa shape index (κ2) is 7.92. The number of rotatable bonds is 7. The number of halogens is 3. The topological polar surface area (TPSA) is 56.1 Å². The number of carbonyl (C=O) groups excluding carboxylic acids is 1. The Kier molecular flexibility index (Phi) is 5.92. The summed E-state index contributed by atoms with van der Waals surface area (Å²) in [6, 6.07) is 6.40. The van der Waals surface area contributed by atoms with E-state index < -0.39 is 17.9 Å². The second-order valence-corrected chi connectivity index (χ2v) is 5.23. The average Bonchev–Trinajstić information content (AvgIpc) is 3.01. The maximum atomic E-state index is 12.5. The van der Waals surface area contributed by atoms with Crippen molar-refractivity contribution in [3.63, 3.8) is 0 Å². The number of hydrogen-bond donors (Lipinski definition) is 1. The van der Waals surface area contributed by atoms with Crippen molar-refractivity contribution in [3.8, 4) is 5.75 Å². The van der Waals surface area contributed by atoms with Gasteiger partial charge >= 0.3 is 6.61 Å². The van der Waals surface area contributed by atoms with Gasteiger partial charge in [0.1, 0.15) is 11.1 Å². The van der Waals surface area contributed by atoms with Crippen molar-refractivity contribution in [2.75, 3.05) is 5.32 Å². The van der Waals surface area contributed by atoms with Crippen LogP contribution in [0.3, 0.4) is 0 Å². The Morgan fingerprint density at radius 1 is 1.43 bits per heavy atom. The minimum Gasteiger partial charge on any atom is -0.433 e. The van der Waals surface area contributed by atoms with E-state index in [1.807, 2.05) is 6.92 Å². The van der Waals surface area contributed by atoms with Gasteiger partial charge in [-0.05, 0) is 24.1 Å². The molecule has 1 aromatic heterocycles. The molecular formula is C15H16ClF2N3O2. The van der Waals surface area contributed by atoms with E-state index in [-0.39, 0.29) is 18.0 Å². The smallest absolute Gasteiger partial charge is 0.387 e. The molecule has 1 heterocycles. The summed E-state index contributed by atoms with van der Waals surface area (Å²) in [4.78, 5) is 12.2. The van der Waals surface area contributed by atoms with Crippen molar-refractivity contribution < 1.29 is 18.3 Å². The molecule has 1 amide bonds. The van der Waals surface area contributed by atoms with Crippen molar-refractivity contribution in [2.45, 2.75) is 31.9 Å². The van der Waals surface area contributed by atoms with Gasteiger partial charge in [-0.2, -0.15) is 13.9 Å². The largest absolute Gasteiger partial charge is 0.433 e. The van der Waals surface area contributed by atoms with Crippen LogP contribution in [0.15, 0.2) is 36.7 Å². The third kappa shape index (κ3) is 4.66. The fourth-order valence-corrected chi connectivity index (χ4v) is 2.26. The van der Waals surface area contributed by atoms with E-state index in [0.29, 0.717) is 12.0 Å². The molecule has 0 saturated carbocycles. The zero-order valence-corrected chi connectivity index (χ0v) is 13.1. The van der Waals surface area contributed by atoms with E-state index in [4.69, 9.17) is 11.6 Å². The lowest BCUT2D eigenvalue weighted by atomic mass is 10.1. The molecule has 0 fully saturated rings. The average molecular weight is 344 g/mol. The summed E-state index contributed by atoms with van der Waals surface area (Å²) in [5.41, 5.74) is 0.894. The molecule has 124 valence electrons. The fourth-order valence-electron chi connectivity index (χ4n) is 2.06. The van der Waals surface area contributed by atoms with E-state index in [1.165, 1.54) is 10.7 Å². The number of ether oxygens (including phenoxy) is 1. The molecule has 8 heteroatoms. The lowest BCUT2D eigenvalue weighted by Gasteiger charge is -2.17. The number of nitrogens with one attached hydrogen (secondary N) is 1. The molecule has 1 N–H and O–H groups in total. The highest BCUT2D eigenvalue weighted by atomic mass is 35.5. The first-order valence-corrected chi connectivity index (χ1v) is 7.44. The zero-order chi connectivity index (χ0) is 16.8. The number of nitrogens with zero attached hydrogens (tertiary/aromatic N) is 2. The van der Waals surface area contributed by atoms with Crippen molar-refractivity contribution >= 4 is 23.2 Å². The van der Waals surface area contributed by atoms with Gasteiger partial charge in [-0.25, -0.2) is 0 Å². The molecule has 23 heavy (non-hydrogen) atoms. The van der Waals surface area contributed by atoms with Gasteiger partial charge < -0.3 is 10.1 Å². The summed E-state index contributed by atoms with van der Waals surface area (Å²) in [6.45, 7) is -0.965. The summed E-state index contributed by atoms with van der Waals surface area (Å²) in [6.07, 6.45) is 3.79. The Balaban J connectivity index is 2.15. The van der Waals surface area contributed by atoms with Crippen LogP contribution >= 0.6 is 11.6 Å². The predicted octanol–water partition coefficient (Wildman–Crippen LogP) is 3.29. The molecule has 0 saturated heterocycles. The highest BCUT2D eigenvalue weighted by molar-refractivity contribution is 6.32. The lowest BCUT2D eigenvalue weighted by Crippen LogP contribution is -2.28. The lowest BCUT2D eigenvalue weighted by molar-refractivity contribution is -0.116. The van der Waals surface area contributed by atoms with Crippen LogP contribution in [-0.4, -0.2) is 27.7 Å². The van der Waals surface area contributed by atoms with Gasteiger partial charge in [0.05, 0.1) is 12.2 Å².